The number of carbonyl (C=O) groups is 1. The maximum Gasteiger partial charge on any atom is 0.234 e. The highest BCUT2D eigenvalue weighted by Crippen LogP contribution is 2.35. The number of hydrogen-bond donors (Lipinski definition) is 4. The van der Waals surface area contributed by atoms with E-state index in [1.165, 1.54) is 11.3 Å². The van der Waals surface area contributed by atoms with Crippen molar-refractivity contribution in [2.45, 2.75) is 12.1 Å². The summed E-state index contributed by atoms with van der Waals surface area (Å²) in [5.41, 5.74) is 6.13. The smallest absolute Gasteiger partial charge is 0.234 e. The quantitative estimate of drug-likeness (QED) is 0.410. The zero-order chi connectivity index (χ0) is 11.7. The molecule has 0 radical (unpaired) electrons. The number of carbonyl (C=O) groups excluding carboxylic acids is 1. The van der Waals surface area contributed by atoms with Gasteiger partial charge < -0.3 is 21.4 Å². The van der Waals surface area contributed by atoms with Crippen LogP contribution in [-0.4, -0.2) is 34.6 Å². The fourth-order valence-electron chi connectivity index (χ4n) is 1.73. The Morgan fingerprint density at radius 1 is 1.69 bits per heavy atom. The van der Waals surface area contributed by atoms with E-state index in [4.69, 9.17) is 10.9 Å². The lowest BCUT2D eigenvalue weighted by Crippen LogP contribution is -2.38. The zero-order valence-electron chi connectivity index (χ0n) is 8.25. The molecule has 1 aliphatic carbocycles. The average Bonchev–Trinajstić information content (AvgIpc) is 2.82. The highest BCUT2D eigenvalue weighted by Gasteiger charge is 2.39. The molecule has 2 rings (SSSR count). The fraction of sp³-hybridized carbons (Fsp3) is 0.333. The summed E-state index contributed by atoms with van der Waals surface area (Å²) in [6.07, 6.45) is -1.03. The molecule has 0 spiro atoms. The SMILES string of the molecule is NCC(=O)N[C@H]1c2ccsc2/C(=N\O)[C@H]1O. The summed E-state index contributed by atoms with van der Waals surface area (Å²) >= 11 is 1.35. The number of oxime groups is 1. The second-order valence-corrected chi connectivity index (χ2v) is 4.30. The Balaban J connectivity index is 2.32. The molecule has 0 fully saturated rings. The summed E-state index contributed by atoms with van der Waals surface area (Å²) in [5.74, 6) is -0.361. The van der Waals surface area contributed by atoms with Crippen LogP contribution in [0.4, 0.5) is 0 Å². The summed E-state index contributed by atoms with van der Waals surface area (Å²) in [5, 5.41) is 26.1. The highest BCUT2D eigenvalue weighted by atomic mass is 32.1. The molecule has 1 aliphatic rings. The van der Waals surface area contributed by atoms with Crippen LogP contribution >= 0.6 is 11.3 Å². The molecular formula is C9H11N3O3S. The van der Waals surface area contributed by atoms with Crippen molar-refractivity contribution in [3.05, 3.63) is 21.9 Å². The van der Waals surface area contributed by atoms with Gasteiger partial charge in [0.05, 0.1) is 17.5 Å². The number of fused-ring (bicyclic) bond motifs is 1. The Labute approximate surface area is 95.4 Å². The summed E-state index contributed by atoms with van der Waals surface area (Å²) in [7, 11) is 0. The molecule has 0 aromatic carbocycles. The van der Waals surface area contributed by atoms with Gasteiger partial charge >= 0.3 is 0 Å². The molecular weight excluding hydrogens is 230 g/mol. The number of hydrogen-bond acceptors (Lipinski definition) is 6. The first-order valence-corrected chi connectivity index (χ1v) is 5.54. The maximum absolute atomic E-state index is 11.2. The van der Waals surface area contributed by atoms with Crippen LogP contribution in [0.15, 0.2) is 16.6 Å². The maximum atomic E-state index is 11.2. The summed E-state index contributed by atoms with van der Waals surface area (Å²) in [6, 6.07) is 1.20. The Morgan fingerprint density at radius 2 is 2.44 bits per heavy atom. The summed E-state index contributed by atoms with van der Waals surface area (Å²) in [6.45, 7) is -0.145. The van der Waals surface area contributed by atoms with E-state index in [2.05, 4.69) is 10.5 Å². The van der Waals surface area contributed by atoms with Crippen LogP contribution < -0.4 is 11.1 Å². The number of amides is 1. The Bertz CT molecular complexity index is 443. The Kier molecular flexibility index (Phi) is 2.90. The number of rotatable bonds is 2. The minimum atomic E-state index is -1.03. The van der Waals surface area contributed by atoms with Gasteiger partial charge in [-0.1, -0.05) is 5.16 Å². The molecule has 1 aromatic rings. The first-order valence-electron chi connectivity index (χ1n) is 4.66. The van der Waals surface area contributed by atoms with Crippen molar-refractivity contribution in [1.29, 1.82) is 0 Å². The second-order valence-electron chi connectivity index (χ2n) is 3.38. The molecule has 0 aliphatic heterocycles. The molecule has 0 saturated carbocycles. The lowest BCUT2D eigenvalue weighted by molar-refractivity contribution is -0.121. The lowest BCUT2D eigenvalue weighted by Gasteiger charge is -2.16. The van der Waals surface area contributed by atoms with Crippen molar-refractivity contribution in [3.8, 4) is 0 Å². The van der Waals surface area contributed by atoms with Gasteiger partial charge in [0.1, 0.15) is 11.8 Å². The zero-order valence-corrected chi connectivity index (χ0v) is 9.07. The molecule has 1 amide bonds. The molecule has 0 bridgehead atoms. The van der Waals surface area contributed by atoms with Gasteiger partial charge in [0.2, 0.25) is 5.91 Å². The van der Waals surface area contributed by atoms with Crippen LogP contribution in [0, 0.1) is 0 Å². The van der Waals surface area contributed by atoms with Crippen LogP contribution in [0.2, 0.25) is 0 Å². The Hall–Kier alpha value is -1.44. The van der Waals surface area contributed by atoms with Crippen molar-refractivity contribution < 1.29 is 15.1 Å². The minimum Gasteiger partial charge on any atom is -0.411 e. The van der Waals surface area contributed by atoms with Crippen LogP contribution in [0.3, 0.4) is 0 Å². The molecule has 86 valence electrons. The number of aliphatic hydroxyl groups is 1. The highest BCUT2D eigenvalue weighted by molar-refractivity contribution is 7.12. The predicted molar refractivity (Wildman–Crippen MR) is 58.6 cm³/mol. The number of thiophene rings is 1. The van der Waals surface area contributed by atoms with Crippen molar-refractivity contribution in [3.63, 3.8) is 0 Å². The third kappa shape index (κ3) is 1.58. The van der Waals surface area contributed by atoms with Gasteiger partial charge in [-0.3, -0.25) is 4.79 Å². The van der Waals surface area contributed by atoms with Crippen LogP contribution in [0.25, 0.3) is 0 Å². The van der Waals surface area contributed by atoms with Crippen LogP contribution in [0.1, 0.15) is 16.5 Å². The first kappa shape index (κ1) is 11.1. The first-order chi connectivity index (χ1) is 7.69. The van der Waals surface area contributed by atoms with Gasteiger partial charge in [-0.25, -0.2) is 0 Å². The molecule has 5 N–H and O–H groups in total. The van der Waals surface area contributed by atoms with E-state index in [1.807, 2.05) is 5.38 Å². The van der Waals surface area contributed by atoms with E-state index in [0.29, 0.717) is 4.88 Å². The predicted octanol–water partition coefficient (Wildman–Crippen LogP) is -0.583. The Morgan fingerprint density at radius 3 is 3.06 bits per heavy atom. The number of nitrogens with zero attached hydrogens (tertiary/aromatic N) is 1. The van der Waals surface area contributed by atoms with Crippen molar-refractivity contribution in [2.75, 3.05) is 6.54 Å². The van der Waals surface area contributed by atoms with Gasteiger partial charge in [-0.2, -0.15) is 0 Å². The summed E-state index contributed by atoms with van der Waals surface area (Å²) < 4.78 is 0. The number of aliphatic hydroxyl groups excluding tert-OH is 1. The molecule has 0 unspecified atom stereocenters. The van der Waals surface area contributed by atoms with E-state index < -0.39 is 12.1 Å². The molecule has 0 saturated heterocycles. The lowest BCUT2D eigenvalue weighted by atomic mass is 10.1. The number of nitrogens with one attached hydrogen (secondary N) is 1. The van der Waals surface area contributed by atoms with Gasteiger partial charge in [0.25, 0.3) is 0 Å². The normalized spacial score (nSPS) is 25.8. The summed E-state index contributed by atoms with van der Waals surface area (Å²) in [4.78, 5) is 11.9. The van der Waals surface area contributed by atoms with Crippen molar-refractivity contribution >= 4 is 23.0 Å². The van der Waals surface area contributed by atoms with Gasteiger partial charge in [0.15, 0.2) is 0 Å². The van der Waals surface area contributed by atoms with Crippen LogP contribution in [0.5, 0.6) is 0 Å². The van der Waals surface area contributed by atoms with Gasteiger partial charge in [-0.05, 0) is 17.0 Å². The molecule has 2 atom stereocenters. The van der Waals surface area contributed by atoms with Crippen molar-refractivity contribution in [2.24, 2.45) is 10.9 Å². The molecule has 1 heterocycles. The average molecular weight is 241 g/mol. The minimum absolute atomic E-state index is 0.145. The molecule has 7 heteroatoms. The molecule has 1 aromatic heterocycles. The van der Waals surface area contributed by atoms with Crippen LogP contribution in [-0.2, 0) is 4.79 Å². The van der Waals surface area contributed by atoms with Gasteiger partial charge in [-0.15, -0.1) is 11.3 Å². The largest absolute Gasteiger partial charge is 0.411 e. The third-order valence-electron chi connectivity index (χ3n) is 2.47. The van der Waals surface area contributed by atoms with E-state index in [-0.39, 0.29) is 18.2 Å². The topological polar surface area (TPSA) is 108 Å². The van der Waals surface area contributed by atoms with E-state index in [1.54, 1.807) is 6.07 Å². The molecule has 16 heavy (non-hydrogen) atoms. The monoisotopic (exact) mass is 241 g/mol. The standard InChI is InChI=1S/C9H11N3O3S/c10-3-5(13)11-6-4-1-2-16-9(4)7(12-15)8(6)14/h1-2,6,8,14-15H,3,10H2,(H,11,13)/b12-7-/t6-,8-/m0/s1. The number of nitrogens with two attached hydrogens (primary N) is 1. The molecule has 6 nitrogen and oxygen atoms in total. The van der Waals surface area contributed by atoms with E-state index >= 15 is 0 Å². The van der Waals surface area contributed by atoms with E-state index in [9.17, 15) is 9.90 Å². The van der Waals surface area contributed by atoms with Gasteiger partial charge in [0, 0.05) is 0 Å². The fourth-order valence-corrected chi connectivity index (χ4v) is 2.69. The van der Waals surface area contributed by atoms with E-state index in [0.717, 1.165) is 5.56 Å². The third-order valence-corrected chi connectivity index (χ3v) is 3.42. The second kappa shape index (κ2) is 4.20. The van der Waals surface area contributed by atoms with Crippen molar-refractivity contribution in [1.82, 2.24) is 5.32 Å².